The van der Waals surface area contributed by atoms with E-state index in [2.05, 4.69) is 5.32 Å². The number of rotatable bonds is 6. The molecule has 0 spiro atoms. The van der Waals surface area contributed by atoms with E-state index in [1.807, 2.05) is 45.0 Å². The van der Waals surface area contributed by atoms with Crippen molar-refractivity contribution in [2.45, 2.75) is 45.9 Å². The van der Waals surface area contributed by atoms with Gasteiger partial charge in [0.05, 0.1) is 12.7 Å². The number of aliphatic hydroxyl groups is 1. The highest BCUT2D eigenvalue weighted by molar-refractivity contribution is 5.27. The molecule has 0 heterocycles. The van der Waals surface area contributed by atoms with Crippen LogP contribution in [0.3, 0.4) is 0 Å². The minimum absolute atomic E-state index is 0.279. The topological polar surface area (TPSA) is 41.5 Å². The van der Waals surface area contributed by atoms with Crippen LogP contribution in [-0.4, -0.2) is 23.4 Å². The molecular formula is C14H23NO2. The Hall–Kier alpha value is -1.06. The van der Waals surface area contributed by atoms with Gasteiger partial charge in [-0.1, -0.05) is 12.1 Å². The Morgan fingerprint density at radius 2 is 1.88 bits per heavy atom. The second-order valence-electron chi connectivity index (χ2n) is 4.83. The summed E-state index contributed by atoms with van der Waals surface area (Å²) in [7, 11) is 0. The smallest absolute Gasteiger partial charge is 0.119 e. The van der Waals surface area contributed by atoms with Gasteiger partial charge in [0.2, 0.25) is 0 Å². The second-order valence-corrected chi connectivity index (χ2v) is 4.83. The summed E-state index contributed by atoms with van der Waals surface area (Å²) in [6.07, 6.45) is -0.384. The van der Waals surface area contributed by atoms with Crippen LogP contribution in [0.5, 0.6) is 5.75 Å². The maximum Gasteiger partial charge on any atom is 0.119 e. The average Bonchev–Trinajstić information content (AvgIpc) is 2.28. The Kier molecular flexibility index (Phi) is 4.97. The molecule has 0 aromatic heterocycles. The van der Waals surface area contributed by atoms with Crippen molar-refractivity contribution in [3.8, 4) is 5.75 Å². The van der Waals surface area contributed by atoms with E-state index in [1.54, 1.807) is 6.92 Å². The van der Waals surface area contributed by atoms with Gasteiger partial charge in [-0.05, 0) is 45.4 Å². The number of hydrogen-bond donors (Lipinski definition) is 2. The Morgan fingerprint density at radius 3 is 2.35 bits per heavy atom. The fraction of sp³-hybridized carbons (Fsp3) is 0.571. The Bertz CT molecular complexity index is 331. The number of hydrogen-bond acceptors (Lipinski definition) is 3. The molecule has 1 unspecified atom stereocenters. The summed E-state index contributed by atoms with van der Waals surface area (Å²) in [5, 5.41) is 12.9. The lowest BCUT2D eigenvalue weighted by Gasteiger charge is -2.29. The van der Waals surface area contributed by atoms with E-state index < -0.39 is 0 Å². The zero-order valence-corrected chi connectivity index (χ0v) is 11.2. The van der Waals surface area contributed by atoms with Crippen LogP contribution in [0, 0.1) is 0 Å². The summed E-state index contributed by atoms with van der Waals surface area (Å²) < 4.78 is 5.38. The predicted octanol–water partition coefficient (Wildman–Crippen LogP) is 2.33. The molecule has 0 fully saturated rings. The van der Waals surface area contributed by atoms with Crippen molar-refractivity contribution in [1.82, 2.24) is 5.32 Å². The van der Waals surface area contributed by atoms with Gasteiger partial charge in [-0.25, -0.2) is 0 Å². The van der Waals surface area contributed by atoms with Crippen LogP contribution in [-0.2, 0) is 6.54 Å². The van der Waals surface area contributed by atoms with Crippen molar-refractivity contribution in [2.24, 2.45) is 0 Å². The molecule has 1 aromatic rings. The first-order chi connectivity index (χ1) is 7.95. The Morgan fingerprint density at radius 1 is 1.29 bits per heavy atom. The number of nitrogens with one attached hydrogen (secondary N) is 1. The van der Waals surface area contributed by atoms with Crippen molar-refractivity contribution in [3.05, 3.63) is 29.8 Å². The fourth-order valence-corrected chi connectivity index (χ4v) is 1.35. The maximum absolute atomic E-state index is 9.59. The van der Waals surface area contributed by atoms with Crippen molar-refractivity contribution >= 4 is 0 Å². The van der Waals surface area contributed by atoms with Crippen molar-refractivity contribution in [2.75, 3.05) is 6.61 Å². The summed E-state index contributed by atoms with van der Waals surface area (Å²) in [4.78, 5) is 0. The fourth-order valence-electron chi connectivity index (χ4n) is 1.35. The van der Waals surface area contributed by atoms with E-state index in [-0.39, 0.29) is 11.6 Å². The van der Waals surface area contributed by atoms with Crippen LogP contribution in [0.1, 0.15) is 33.3 Å². The minimum atomic E-state index is -0.384. The molecule has 17 heavy (non-hydrogen) atoms. The van der Waals surface area contributed by atoms with E-state index in [0.29, 0.717) is 6.61 Å². The zero-order chi connectivity index (χ0) is 12.9. The van der Waals surface area contributed by atoms with Gasteiger partial charge in [0.15, 0.2) is 0 Å². The highest BCUT2D eigenvalue weighted by Crippen LogP contribution is 2.14. The van der Waals surface area contributed by atoms with Gasteiger partial charge >= 0.3 is 0 Å². The first kappa shape index (κ1) is 14.0. The van der Waals surface area contributed by atoms with E-state index in [4.69, 9.17) is 4.74 Å². The molecule has 0 saturated carbocycles. The molecule has 0 aliphatic carbocycles. The quantitative estimate of drug-likeness (QED) is 0.798. The molecule has 3 heteroatoms. The lowest BCUT2D eigenvalue weighted by molar-refractivity contribution is 0.0956. The third-order valence-corrected chi connectivity index (χ3v) is 3.03. The molecule has 1 aromatic carbocycles. The molecule has 0 amide bonds. The van der Waals surface area contributed by atoms with Gasteiger partial charge in [-0.2, -0.15) is 0 Å². The van der Waals surface area contributed by atoms with Gasteiger partial charge in [-0.3, -0.25) is 0 Å². The lowest BCUT2D eigenvalue weighted by atomic mass is 9.98. The van der Waals surface area contributed by atoms with Gasteiger partial charge in [0.25, 0.3) is 0 Å². The monoisotopic (exact) mass is 237 g/mol. The zero-order valence-electron chi connectivity index (χ0n) is 11.2. The minimum Gasteiger partial charge on any atom is -0.494 e. The summed E-state index contributed by atoms with van der Waals surface area (Å²) in [5.74, 6) is 0.894. The highest BCUT2D eigenvalue weighted by atomic mass is 16.5. The molecule has 1 rings (SSSR count). The average molecular weight is 237 g/mol. The van der Waals surface area contributed by atoms with Crippen LogP contribution >= 0.6 is 0 Å². The number of benzene rings is 1. The third-order valence-electron chi connectivity index (χ3n) is 3.03. The summed E-state index contributed by atoms with van der Waals surface area (Å²) >= 11 is 0. The summed E-state index contributed by atoms with van der Waals surface area (Å²) in [5.41, 5.74) is 0.903. The first-order valence-electron chi connectivity index (χ1n) is 6.10. The first-order valence-corrected chi connectivity index (χ1v) is 6.10. The third kappa shape index (κ3) is 4.36. The molecule has 0 aliphatic heterocycles. The molecule has 2 N–H and O–H groups in total. The number of ether oxygens (including phenoxy) is 1. The van der Waals surface area contributed by atoms with Crippen LogP contribution in [0.15, 0.2) is 24.3 Å². The van der Waals surface area contributed by atoms with Crippen molar-refractivity contribution < 1.29 is 9.84 Å². The molecule has 1 atom stereocenters. The highest BCUT2D eigenvalue weighted by Gasteiger charge is 2.22. The number of aliphatic hydroxyl groups excluding tert-OH is 1. The SMILES string of the molecule is CCOc1ccc(CNC(C)(C)C(C)O)cc1. The maximum atomic E-state index is 9.59. The van der Waals surface area contributed by atoms with Crippen LogP contribution in [0.2, 0.25) is 0 Å². The van der Waals surface area contributed by atoms with E-state index in [1.165, 1.54) is 5.56 Å². The van der Waals surface area contributed by atoms with Gasteiger partial charge in [-0.15, -0.1) is 0 Å². The molecule has 0 saturated heterocycles. The standard InChI is InChI=1S/C14H23NO2/c1-5-17-13-8-6-12(7-9-13)10-15-14(3,4)11(2)16/h6-9,11,15-16H,5,10H2,1-4H3. The largest absolute Gasteiger partial charge is 0.494 e. The van der Waals surface area contributed by atoms with Crippen molar-refractivity contribution in [3.63, 3.8) is 0 Å². The summed E-state index contributed by atoms with van der Waals surface area (Å²) in [6.45, 7) is 9.18. The normalized spacial score (nSPS) is 13.5. The Balaban J connectivity index is 2.52. The molecule has 0 aliphatic rings. The van der Waals surface area contributed by atoms with Crippen molar-refractivity contribution in [1.29, 1.82) is 0 Å². The summed E-state index contributed by atoms with van der Waals surface area (Å²) in [6, 6.07) is 8.01. The molecule has 0 bridgehead atoms. The van der Waals surface area contributed by atoms with Crippen LogP contribution in [0.25, 0.3) is 0 Å². The van der Waals surface area contributed by atoms with E-state index in [9.17, 15) is 5.11 Å². The second kappa shape index (κ2) is 6.03. The van der Waals surface area contributed by atoms with Gasteiger partial charge in [0.1, 0.15) is 5.75 Å². The molecular weight excluding hydrogens is 214 g/mol. The van der Waals surface area contributed by atoms with E-state index >= 15 is 0 Å². The predicted molar refractivity (Wildman–Crippen MR) is 70.2 cm³/mol. The van der Waals surface area contributed by atoms with Gasteiger partial charge < -0.3 is 15.2 Å². The molecule has 96 valence electrons. The lowest BCUT2D eigenvalue weighted by Crippen LogP contribution is -2.47. The van der Waals surface area contributed by atoms with Crippen LogP contribution in [0.4, 0.5) is 0 Å². The molecule has 0 radical (unpaired) electrons. The molecule has 3 nitrogen and oxygen atoms in total. The van der Waals surface area contributed by atoms with Gasteiger partial charge in [0, 0.05) is 12.1 Å². The van der Waals surface area contributed by atoms with E-state index in [0.717, 1.165) is 12.3 Å². The van der Waals surface area contributed by atoms with Crippen LogP contribution < -0.4 is 10.1 Å². The Labute approximate surface area is 104 Å².